The lowest BCUT2D eigenvalue weighted by molar-refractivity contribution is -0.139. The standard InChI is InChI=1S/C33H43N3O8S/c1-22(2)19-34-33(38)24(4)35(20-25-11-9-10-23(3)16-25)32(37)21-36(28-17-26(41-5)12-14-29(28)42-6)45(39,40)27-13-15-30(43-7)31(18-27)44-8/h9-18,22,24H,19-21H2,1-8H3,(H,34,38). The number of aryl methyl sites for hydroxylation is 1. The molecule has 0 spiro atoms. The van der Waals surface area contributed by atoms with Gasteiger partial charge in [-0.25, -0.2) is 8.42 Å². The van der Waals surface area contributed by atoms with E-state index < -0.39 is 28.5 Å². The van der Waals surface area contributed by atoms with Crippen LogP contribution in [0.1, 0.15) is 31.9 Å². The molecule has 2 amide bonds. The minimum atomic E-state index is -4.43. The van der Waals surface area contributed by atoms with Crippen LogP contribution in [0.3, 0.4) is 0 Å². The van der Waals surface area contributed by atoms with E-state index in [1.54, 1.807) is 19.1 Å². The van der Waals surface area contributed by atoms with Crippen LogP contribution in [0, 0.1) is 12.8 Å². The fourth-order valence-electron chi connectivity index (χ4n) is 4.65. The van der Waals surface area contributed by atoms with E-state index in [-0.39, 0.29) is 40.5 Å². The quantitative estimate of drug-likeness (QED) is 0.259. The summed E-state index contributed by atoms with van der Waals surface area (Å²) in [5.41, 5.74) is 1.85. The molecule has 45 heavy (non-hydrogen) atoms. The first-order chi connectivity index (χ1) is 21.4. The van der Waals surface area contributed by atoms with Crippen molar-refractivity contribution in [3.63, 3.8) is 0 Å². The SMILES string of the molecule is COc1ccc(OC)c(N(CC(=O)N(Cc2cccc(C)c2)C(C)C(=O)NCC(C)C)S(=O)(=O)c2ccc(OC)c(OC)c2)c1. The van der Waals surface area contributed by atoms with Gasteiger partial charge in [-0.1, -0.05) is 43.7 Å². The molecule has 244 valence electrons. The highest BCUT2D eigenvalue weighted by Gasteiger charge is 2.34. The van der Waals surface area contributed by atoms with Crippen LogP contribution >= 0.6 is 0 Å². The smallest absolute Gasteiger partial charge is 0.265 e. The highest BCUT2D eigenvalue weighted by atomic mass is 32.2. The molecule has 3 aromatic carbocycles. The number of nitrogens with one attached hydrogen (secondary N) is 1. The third-order valence-corrected chi connectivity index (χ3v) is 8.92. The number of nitrogens with zero attached hydrogens (tertiary/aromatic N) is 2. The van der Waals surface area contributed by atoms with Crippen molar-refractivity contribution in [2.45, 2.75) is 45.2 Å². The van der Waals surface area contributed by atoms with Gasteiger partial charge in [0.1, 0.15) is 24.1 Å². The van der Waals surface area contributed by atoms with Crippen LogP contribution in [-0.2, 0) is 26.2 Å². The molecule has 0 aliphatic rings. The van der Waals surface area contributed by atoms with E-state index in [0.29, 0.717) is 18.0 Å². The zero-order chi connectivity index (χ0) is 33.3. The lowest BCUT2D eigenvalue weighted by atomic mass is 10.1. The number of carbonyl (C=O) groups is 2. The molecule has 0 bridgehead atoms. The molecule has 0 aliphatic carbocycles. The monoisotopic (exact) mass is 641 g/mol. The van der Waals surface area contributed by atoms with E-state index in [9.17, 15) is 18.0 Å². The maximum absolute atomic E-state index is 14.4. The van der Waals surface area contributed by atoms with Gasteiger partial charge < -0.3 is 29.2 Å². The summed E-state index contributed by atoms with van der Waals surface area (Å²) < 4.78 is 51.3. The third-order valence-electron chi connectivity index (χ3n) is 7.16. The van der Waals surface area contributed by atoms with Crippen molar-refractivity contribution in [3.8, 4) is 23.0 Å². The molecule has 3 rings (SSSR count). The Kier molecular flexibility index (Phi) is 12.1. The van der Waals surface area contributed by atoms with E-state index in [4.69, 9.17) is 18.9 Å². The third kappa shape index (κ3) is 8.59. The maximum Gasteiger partial charge on any atom is 0.265 e. The summed E-state index contributed by atoms with van der Waals surface area (Å²) in [7, 11) is 1.26. The molecule has 1 N–H and O–H groups in total. The number of hydrogen-bond donors (Lipinski definition) is 1. The molecular weight excluding hydrogens is 598 g/mol. The normalized spacial score (nSPS) is 11.8. The number of amides is 2. The summed E-state index contributed by atoms with van der Waals surface area (Å²) >= 11 is 0. The van der Waals surface area contributed by atoms with Crippen molar-refractivity contribution in [1.29, 1.82) is 0 Å². The van der Waals surface area contributed by atoms with E-state index in [2.05, 4.69) is 5.32 Å². The van der Waals surface area contributed by atoms with Crippen LogP contribution in [0.2, 0.25) is 0 Å². The predicted molar refractivity (Wildman–Crippen MR) is 173 cm³/mol. The number of hydrogen-bond acceptors (Lipinski definition) is 8. The van der Waals surface area contributed by atoms with Crippen molar-refractivity contribution < 1.29 is 37.0 Å². The van der Waals surface area contributed by atoms with Gasteiger partial charge in [-0.3, -0.25) is 13.9 Å². The average molecular weight is 642 g/mol. The van der Waals surface area contributed by atoms with Crippen LogP contribution in [0.15, 0.2) is 65.6 Å². The number of carbonyl (C=O) groups excluding carboxylic acids is 2. The van der Waals surface area contributed by atoms with Gasteiger partial charge in [0.2, 0.25) is 11.8 Å². The Labute approximate surface area is 266 Å². The Balaban J connectivity index is 2.16. The molecule has 0 saturated carbocycles. The molecule has 0 aliphatic heterocycles. The highest BCUT2D eigenvalue weighted by molar-refractivity contribution is 7.92. The molecule has 0 fully saturated rings. The van der Waals surface area contributed by atoms with Crippen molar-refractivity contribution in [2.75, 3.05) is 45.8 Å². The van der Waals surface area contributed by atoms with Gasteiger partial charge >= 0.3 is 0 Å². The second-order valence-corrected chi connectivity index (χ2v) is 12.8. The number of benzene rings is 3. The van der Waals surface area contributed by atoms with Crippen LogP contribution in [0.25, 0.3) is 0 Å². The minimum absolute atomic E-state index is 0.0763. The minimum Gasteiger partial charge on any atom is -0.497 e. The molecule has 11 nitrogen and oxygen atoms in total. The molecule has 1 atom stereocenters. The molecule has 0 radical (unpaired) electrons. The van der Waals surface area contributed by atoms with E-state index in [0.717, 1.165) is 15.4 Å². The Bertz CT molecular complexity index is 1590. The van der Waals surface area contributed by atoms with Crippen LogP contribution in [0.4, 0.5) is 5.69 Å². The Morgan fingerprint density at radius 3 is 2.09 bits per heavy atom. The number of ether oxygens (including phenoxy) is 4. The summed E-state index contributed by atoms with van der Waals surface area (Å²) in [5.74, 6) is 0.326. The molecule has 3 aromatic rings. The Morgan fingerprint density at radius 2 is 1.49 bits per heavy atom. The summed E-state index contributed by atoms with van der Waals surface area (Å²) in [6.45, 7) is 7.36. The van der Waals surface area contributed by atoms with Crippen molar-refractivity contribution >= 4 is 27.5 Å². The summed E-state index contributed by atoms with van der Waals surface area (Å²) in [6, 6.07) is 15.5. The lowest BCUT2D eigenvalue weighted by Crippen LogP contribution is -2.51. The van der Waals surface area contributed by atoms with Crippen molar-refractivity contribution in [1.82, 2.24) is 10.2 Å². The fraction of sp³-hybridized carbons (Fsp3) is 0.394. The van der Waals surface area contributed by atoms with Gasteiger partial charge in [-0.15, -0.1) is 0 Å². The van der Waals surface area contributed by atoms with Crippen LogP contribution < -0.4 is 28.6 Å². The fourth-order valence-corrected chi connectivity index (χ4v) is 6.08. The zero-order valence-corrected chi connectivity index (χ0v) is 27.9. The van der Waals surface area contributed by atoms with Gasteiger partial charge in [0, 0.05) is 25.2 Å². The highest BCUT2D eigenvalue weighted by Crippen LogP contribution is 2.37. The Morgan fingerprint density at radius 1 is 0.822 bits per heavy atom. The van der Waals surface area contributed by atoms with E-state index in [1.807, 2.05) is 45.0 Å². The lowest BCUT2D eigenvalue weighted by Gasteiger charge is -2.32. The average Bonchev–Trinajstić information content (AvgIpc) is 3.03. The first-order valence-electron chi connectivity index (χ1n) is 14.5. The van der Waals surface area contributed by atoms with Crippen molar-refractivity contribution in [2.24, 2.45) is 5.92 Å². The van der Waals surface area contributed by atoms with Crippen LogP contribution in [-0.4, -0.2) is 72.7 Å². The molecule has 12 heteroatoms. The number of sulfonamides is 1. The first-order valence-corrected chi connectivity index (χ1v) is 15.9. The van der Waals surface area contributed by atoms with Gasteiger partial charge in [0.05, 0.1) is 39.0 Å². The predicted octanol–water partition coefficient (Wildman–Crippen LogP) is 4.41. The maximum atomic E-state index is 14.4. The second-order valence-electron chi connectivity index (χ2n) is 10.9. The summed E-state index contributed by atoms with van der Waals surface area (Å²) in [5, 5.41) is 2.89. The van der Waals surface area contributed by atoms with E-state index >= 15 is 0 Å². The van der Waals surface area contributed by atoms with Gasteiger partial charge in [0.25, 0.3) is 10.0 Å². The Hall–Kier alpha value is -4.45. The van der Waals surface area contributed by atoms with Crippen molar-refractivity contribution in [3.05, 3.63) is 71.8 Å². The summed E-state index contributed by atoms with van der Waals surface area (Å²) in [6.07, 6.45) is 0. The number of anilines is 1. The summed E-state index contributed by atoms with van der Waals surface area (Å²) in [4.78, 5) is 28.8. The van der Waals surface area contributed by atoms with Crippen LogP contribution in [0.5, 0.6) is 23.0 Å². The van der Waals surface area contributed by atoms with Gasteiger partial charge in [-0.05, 0) is 49.6 Å². The zero-order valence-electron chi connectivity index (χ0n) is 27.1. The van der Waals surface area contributed by atoms with E-state index in [1.165, 1.54) is 57.6 Å². The topological polar surface area (TPSA) is 124 Å². The molecule has 0 heterocycles. The largest absolute Gasteiger partial charge is 0.497 e. The number of rotatable bonds is 15. The molecule has 1 unspecified atom stereocenters. The van der Waals surface area contributed by atoms with Gasteiger partial charge in [0.15, 0.2) is 11.5 Å². The molecule has 0 aromatic heterocycles. The van der Waals surface area contributed by atoms with Gasteiger partial charge in [-0.2, -0.15) is 0 Å². The molecule has 0 saturated heterocycles. The second kappa shape index (κ2) is 15.5. The molecular formula is C33H43N3O8S. The number of methoxy groups -OCH3 is 4. The first kappa shape index (κ1) is 35.0.